The van der Waals surface area contributed by atoms with Crippen LogP contribution in [0.2, 0.25) is 0 Å². The van der Waals surface area contributed by atoms with Crippen molar-refractivity contribution in [1.82, 2.24) is 9.47 Å². The summed E-state index contributed by atoms with van der Waals surface area (Å²) in [5, 5.41) is 0. The fraction of sp³-hybridized carbons (Fsp3) is 0.476. The molecule has 0 spiro atoms. The van der Waals surface area contributed by atoms with Gasteiger partial charge >= 0.3 is 0 Å². The first-order chi connectivity index (χ1) is 11.9. The van der Waals surface area contributed by atoms with E-state index in [4.69, 9.17) is 0 Å². The van der Waals surface area contributed by atoms with Crippen molar-refractivity contribution in [2.24, 2.45) is 7.05 Å². The molecule has 134 valence electrons. The van der Waals surface area contributed by atoms with Gasteiger partial charge in [0, 0.05) is 55.4 Å². The third-order valence-electron chi connectivity index (χ3n) is 5.49. The number of anilines is 1. The van der Waals surface area contributed by atoms with Gasteiger partial charge in [0.2, 0.25) is 0 Å². The van der Waals surface area contributed by atoms with Crippen molar-refractivity contribution >= 4 is 11.5 Å². The predicted octanol–water partition coefficient (Wildman–Crippen LogP) is 3.34. The van der Waals surface area contributed by atoms with Gasteiger partial charge in [-0.1, -0.05) is 12.1 Å². The molecule has 2 aromatic rings. The minimum Gasteiger partial charge on any atom is -0.366 e. The highest BCUT2D eigenvalue weighted by Gasteiger charge is 2.26. The quantitative estimate of drug-likeness (QED) is 0.800. The van der Waals surface area contributed by atoms with Gasteiger partial charge in [-0.15, -0.1) is 0 Å². The fourth-order valence-electron chi connectivity index (χ4n) is 3.79. The Kier molecular flexibility index (Phi) is 5.00. The van der Waals surface area contributed by atoms with Gasteiger partial charge in [-0.05, 0) is 51.5 Å². The van der Waals surface area contributed by atoms with E-state index in [9.17, 15) is 4.79 Å². The summed E-state index contributed by atoms with van der Waals surface area (Å²) in [6, 6.07) is 11.1. The lowest BCUT2D eigenvalue weighted by Gasteiger charge is -2.41. The van der Waals surface area contributed by atoms with Crippen LogP contribution in [0.5, 0.6) is 0 Å². The second-order valence-corrected chi connectivity index (χ2v) is 7.38. The predicted molar refractivity (Wildman–Crippen MR) is 104 cm³/mol. The molecule has 0 radical (unpaired) electrons. The first-order valence-corrected chi connectivity index (χ1v) is 9.08. The summed E-state index contributed by atoms with van der Waals surface area (Å²) in [7, 11) is 2.02. The monoisotopic (exact) mass is 339 g/mol. The van der Waals surface area contributed by atoms with Crippen LogP contribution in [0.1, 0.15) is 34.2 Å². The van der Waals surface area contributed by atoms with Gasteiger partial charge in [-0.3, -0.25) is 9.69 Å². The highest BCUT2D eigenvalue weighted by Crippen LogP contribution is 2.22. The van der Waals surface area contributed by atoms with E-state index in [-0.39, 0.29) is 5.78 Å². The molecule has 4 heteroatoms. The van der Waals surface area contributed by atoms with Gasteiger partial charge < -0.3 is 9.47 Å². The summed E-state index contributed by atoms with van der Waals surface area (Å²) in [5.74, 6) is 0.234. The number of aromatic nitrogens is 1. The van der Waals surface area contributed by atoms with E-state index < -0.39 is 0 Å². The number of rotatable bonds is 4. The molecule has 2 heterocycles. The number of piperazine rings is 1. The molecule has 1 aliphatic rings. The molecule has 0 bridgehead atoms. The Morgan fingerprint density at radius 1 is 1.16 bits per heavy atom. The van der Waals surface area contributed by atoms with Gasteiger partial charge in [0.25, 0.3) is 0 Å². The molecular formula is C21H29N3O. The minimum absolute atomic E-state index is 0.234. The maximum absolute atomic E-state index is 12.7. The summed E-state index contributed by atoms with van der Waals surface area (Å²) in [6.45, 7) is 11.8. The van der Waals surface area contributed by atoms with E-state index in [2.05, 4.69) is 52.5 Å². The molecule has 25 heavy (non-hydrogen) atoms. The average molecular weight is 339 g/mol. The first-order valence-electron chi connectivity index (χ1n) is 9.08. The zero-order valence-corrected chi connectivity index (χ0v) is 16.0. The summed E-state index contributed by atoms with van der Waals surface area (Å²) in [6.07, 6.45) is 0. The Balaban J connectivity index is 1.65. The van der Waals surface area contributed by atoms with Crippen LogP contribution in [0.25, 0.3) is 0 Å². The van der Waals surface area contributed by atoms with E-state index >= 15 is 0 Å². The third kappa shape index (κ3) is 3.64. The number of Topliss-reactive ketones (excluding diaryl/α,β-unsaturated/α-hetero) is 1. The number of aryl methyl sites for hydroxylation is 2. The maximum Gasteiger partial charge on any atom is 0.178 e. The lowest BCUT2D eigenvalue weighted by molar-refractivity contribution is 0.0916. The zero-order chi connectivity index (χ0) is 18.1. The Bertz CT molecular complexity index is 777. The maximum atomic E-state index is 12.7. The smallest absolute Gasteiger partial charge is 0.178 e. The van der Waals surface area contributed by atoms with Crippen LogP contribution in [0.3, 0.4) is 0 Å². The highest BCUT2D eigenvalue weighted by atomic mass is 16.1. The van der Waals surface area contributed by atoms with Crippen molar-refractivity contribution in [3.8, 4) is 0 Å². The summed E-state index contributed by atoms with van der Waals surface area (Å²) < 4.78 is 2.09. The molecule has 0 aliphatic carbocycles. The van der Waals surface area contributed by atoms with Gasteiger partial charge in [0.05, 0.1) is 6.54 Å². The topological polar surface area (TPSA) is 28.5 Å². The Hall–Kier alpha value is -2.07. The van der Waals surface area contributed by atoms with Gasteiger partial charge in [-0.2, -0.15) is 0 Å². The molecule has 0 N–H and O–H groups in total. The van der Waals surface area contributed by atoms with E-state index in [0.29, 0.717) is 12.6 Å². The van der Waals surface area contributed by atoms with E-state index in [1.807, 2.05) is 27.0 Å². The first kappa shape index (κ1) is 17.7. The normalized spacial score (nSPS) is 18.6. The Labute approximate surface area is 151 Å². The molecule has 0 amide bonds. The molecular weight excluding hydrogens is 310 g/mol. The van der Waals surface area contributed by atoms with Crippen molar-refractivity contribution < 1.29 is 4.79 Å². The minimum atomic E-state index is 0.234. The largest absolute Gasteiger partial charge is 0.366 e. The number of carbonyl (C=O) groups is 1. The van der Waals surface area contributed by atoms with Crippen LogP contribution >= 0.6 is 0 Å². The Morgan fingerprint density at radius 3 is 2.52 bits per heavy atom. The summed E-state index contributed by atoms with van der Waals surface area (Å²) >= 11 is 0. The van der Waals surface area contributed by atoms with Crippen molar-refractivity contribution in [2.45, 2.75) is 33.7 Å². The van der Waals surface area contributed by atoms with Crippen LogP contribution in [-0.4, -0.2) is 47.5 Å². The number of ketones is 1. The molecule has 1 aromatic carbocycles. The van der Waals surface area contributed by atoms with E-state index in [0.717, 1.165) is 36.6 Å². The highest BCUT2D eigenvalue weighted by molar-refractivity contribution is 5.99. The average Bonchev–Trinajstić information content (AvgIpc) is 2.82. The number of nitrogens with zero attached hydrogens (tertiary/aromatic N) is 3. The molecule has 1 fully saturated rings. The number of hydrogen-bond donors (Lipinski definition) is 0. The van der Waals surface area contributed by atoms with Crippen LogP contribution in [0.15, 0.2) is 30.3 Å². The zero-order valence-electron chi connectivity index (χ0n) is 16.0. The standard InChI is InChI=1S/C21H29N3O/c1-15-7-6-8-19(11-15)24-10-9-23(13-17(24)3)14-21(25)20-12-16(2)22(5)18(20)4/h6-8,11-12,17H,9-10,13-14H2,1-5H3/t17-/m0/s1. The Morgan fingerprint density at radius 2 is 1.92 bits per heavy atom. The van der Waals surface area contributed by atoms with Crippen molar-refractivity contribution in [3.63, 3.8) is 0 Å². The third-order valence-corrected chi connectivity index (χ3v) is 5.49. The summed E-state index contributed by atoms with van der Waals surface area (Å²) in [5.41, 5.74) is 5.64. The van der Waals surface area contributed by atoms with Crippen LogP contribution < -0.4 is 4.90 Å². The SMILES string of the molecule is Cc1cccc(N2CCN(CC(=O)c3cc(C)n(C)c3C)C[C@@H]2C)c1. The lowest BCUT2D eigenvalue weighted by Crippen LogP contribution is -2.53. The fourth-order valence-corrected chi connectivity index (χ4v) is 3.79. The van der Waals surface area contributed by atoms with E-state index in [1.165, 1.54) is 11.3 Å². The molecule has 0 unspecified atom stereocenters. The van der Waals surface area contributed by atoms with Crippen molar-refractivity contribution in [3.05, 3.63) is 52.8 Å². The van der Waals surface area contributed by atoms with Gasteiger partial charge in [0.1, 0.15) is 0 Å². The van der Waals surface area contributed by atoms with Crippen LogP contribution in [-0.2, 0) is 7.05 Å². The second-order valence-electron chi connectivity index (χ2n) is 7.38. The van der Waals surface area contributed by atoms with Gasteiger partial charge in [0.15, 0.2) is 5.78 Å². The van der Waals surface area contributed by atoms with E-state index in [1.54, 1.807) is 0 Å². The molecule has 1 saturated heterocycles. The summed E-state index contributed by atoms with van der Waals surface area (Å²) in [4.78, 5) is 17.5. The number of hydrogen-bond acceptors (Lipinski definition) is 3. The van der Waals surface area contributed by atoms with Crippen molar-refractivity contribution in [2.75, 3.05) is 31.1 Å². The van der Waals surface area contributed by atoms with Crippen LogP contribution in [0.4, 0.5) is 5.69 Å². The van der Waals surface area contributed by atoms with Crippen molar-refractivity contribution in [1.29, 1.82) is 0 Å². The number of benzene rings is 1. The van der Waals surface area contributed by atoms with Crippen LogP contribution in [0, 0.1) is 20.8 Å². The van der Waals surface area contributed by atoms with Gasteiger partial charge in [-0.25, -0.2) is 0 Å². The molecule has 4 nitrogen and oxygen atoms in total. The second kappa shape index (κ2) is 7.04. The molecule has 1 atom stereocenters. The molecule has 0 saturated carbocycles. The molecule has 1 aromatic heterocycles. The molecule has 1 aliphatic heterocycles. The lowest BCUT2D eigenvalue weighted by atomic mass is 10.1. The number of carbonyl (C=O) groups excluding carboxylic acids is 1. The molecule has 3 rings (SSSR count).